The fraction of sp³-hybridized carbons (Fsp3) is 0.208. The lowest BCUT2D eigenvalue weighted by molar-refractivity contribution is -0.128. The fourth-order valence-electron chi connectivity index (χ4n) is 4.53. The first-order valence-corrected chi connectivity index (χ1v) is 11.7. The molecule has 0 spiro atoms. The molecular weight excluding hydrogens is 495 g/mol. The highest BCUT2D eigenvalue weighted by atomic mass is 19.1. The molecule has 4 heterocycles. The van der Waals surface area contributed by atoms with E-state index in [1.807, 2.05) is 35.2 Å². The number of H-pyrrole nitrogens is 2. The molecule has 0 saturated carbocycles. The van der Waals surface area contributed by atoms with Gasteiger partial charge in [0.2, 0.25) is 0 Å². The summed E-state index contributed by atoms with van der Waals surface area (Å²) in [6.07, 6.45) is 2.27. The van der Waals surface area contributed by atoms with Crippen molar-refractivity contribution in [2.24, 2.45) is 11.7 Å². The largest absolute Gasteiger partial charge is 0.359 e. The molecule has 0 bridgehead atoms. The number of hydrogen-bond donors (Lipinski definition) is 5. The maximum Gasteiger partial charge on any atom is 0.295 e. The number of rotatable bonds is 8. The number of aromatic amines is 2. The lowest BCUT2D eigenvalue weighted by Crippen LogP contribution is -2.65. The molecule has 4 aromatic rings. The molecule has 3 aromatic heterocycles. The summed E-state index contributed by atoms with van der Waals surface area (Å²) in [4.78, 5) is 47.6. The number of carbonyl (C=O) groups excluding carboxylic acids is 3. The van der Waals surface area contributed by atoms with Gasteiger partial charge >= 0.3 is 0 Å². The van der Waals surface area contributed by atoms with Gasteiger partial charge in [-0.05, 0) is 18.2 Å². The quantitative estimate of drug-likeness (QED) is 0.0543. The number of nitrogens with zero attached hydrogens (tertiary/aromatic N) is 5. The van der Waals surface area contributed by atoms with E-state index in [1.54, 1.807) is 0 Å². The van der Waals surface area contributed by atoms with E-state index in [4.69, 9.17) is 11.7 Å². The average Bonchev–Trinajstić information content (AvgIpc) is 3.62. The summed E-state index contributed by atoms with van der Waals surface area (Å²) >= 11 is 0. The zero-order chi connectivity index (χ0) is 26.8. The number of fused-ring (bicyclic) bond motifs is 1. The van der Waals surface area contributed by atoms with Gasteiger partial charge in [0.15, 0.2) is 18.4 Å². The van der Waals surface area contributed by atoms with Crippen molar-refractivity contribution in [3.05, 3.63) is 65.9 Å². The number of benzene rings is 1. The highest BCUT2D eigenvalue weighted by molar-refractivity contribution is 6.45. The lowest BCUT2D eigenvalue weighted by Gasteiger charge is -2.42. The van der Waals surface area contributed by atoms with Crippen molar-refractivity contribution in [2.75, 3.05) is 31.2 Å². The number of hydrazine groups is 2. The minimum Gasteiger partial charge on any atom is -0.359 e. The van der Waals surface area contributed by atoms with Gasteiger partial charge in [0.05, 0.1) is 34.0 Å². The highest BCUT2D eigenvalue weighted by Gasteiger charge is 2.33. The third-order valence-corrected chi connectivity index (χ3v) is 6.48. The monoisotopic (exact) mass is 520 g/mol. The summed E-state index contributed by atoms with van der Waals surface area (Å²) in [5.74, 6) is 9.66. The van der Waals surface area contributed by atoms with E-state index < -0.39 is 23.8 Å². The first kappa shape index (κ1) is 25.2. The smallest absolute Gasteiger partial charge is 0.295 e. The highest BCUT2D eigenvalue weighted by Crippen LogP contribution is 2.30. The number of piperazine rings is 1. The maximum atomic E-state index is 14.8. The summed E-state index contributed by atoms with van der Waals surface area (Å²) in [6, 6.07) is 10.7. The van der Waals surface area contributed by atoms with Gasteiger partial charge in [-0.25, -0.2) is 20.6 Å². The molecule has 38 heavy (non-hydrogen) atoms. The lowest BCUT2D eigenvalue weighted by atomic mass is 10.1. The van der Waals surface area contributed by atoms with Crippen LogP contribution in [-0.4, -0.2) is 80.4 Å². The minimum atomic E-state index is -0.852. The van der Waals surface area contributed by atoms with Crippen LogP contribution in [0.2, 0.25) is 0 Å². The van der Waals surface area contributed by atoms with Crippen LogP contribution in [0.1, 0.15) is 20.8 Å². The number of Topliss-reactive ketones (excluding diaryl/α,β-unsaturated/α-hetero) is 1. The minimum absolute atomic E-state index is 0.0725. The van der Waals surface area contributed by atoms with Crippen LogP contribution in [0.5, 0.6) is 0 Å². The van der Waals surface area contributed by atoms with Gasteiger partial charge in [0.25, 0.3) is 11.7 Å². The second-order valence-corrected chi connectivity index (χ2v) is 8.67. The van der Waals surface area contributed by atoms with Crippen LogP contribution >= 0.6 is 0 Å². The number of para-hydroxylation sites is 1. The summed E-state index contributed by atoms with van der Waals surface area (Å²) < 4.78 is 14.8. The number of aromatic nitrogens is 4. The Balaban J connectivity index is 1.32. The van der Waals surface area contributed by atoms with Crippen molar-refractivity contribution in [3.8, 4) is 11.4 Å². The molecule has 1 unspecified atom stereocenters. The first-order valence-electron chi connectivity index (χ1n) is 11.7. The Hall–Kier alpha value is -4.50. The van der Waals surface area contributed by atoms with Gasteiger partial charge in [-0.2, -0.15) is 5.10 Å². The molecule has 5 rings (SSSR count). The van der Waals surface area contributed by atoms with E-state index in [9.17, 15) is 18.8 Å². The number of nitrogens with one attached hydrogen (secondary N) is 3. The van der Waals surface area contributed by atoms with Crippen LogP contribution in [0.3, 0.4) is 0 Å². The van der Waals surface area contributed by atoms with Crippen molar-refractivity contribution in [3.63, 3.8) is 0 Å². The number of pyridine rings is 1. The number of nitrogens with two attached hydrogens (primary N) is 2. The summed E-state index contributed by atoms with van der Waals surface area (Å²) in [6.45, 7) is 1.27. The fourth-order valence-corrected chi connectivity index (χ4v) is 4.53. The Morgan fingerprint density at radius 1 is 1.18 bits per heavy atom. The zero-order valence-corrected chi connectivity index (χ0v) is 20.1. The Kier molecular flexibility index (Phi) is 6.93. The first-order chi connectivity index (χ1) is 18.4. The van der Waals surface area contributed by atoms with E-state index in [2.05, 4.69) is 25.6 Å². The van der Waals surface area contributed by atoms with Gasteiger partial charge in [0, 0.05) is 32.4 Å². The number of ketones is 1. The van der Waals surface area contributed by atoms with E-state index in [0.717, 1.165) is 11.9 Å². The second-order valence-electron chi connectivity index (χ2n) is 8.67. The molecule has 1 saturated heterocycles. The number of anilines is 1. The van der Waals surface area contributed by atoms with E-state index in [0.29, 0.717) is 19.4 Å². The topological polar surface area (TPSA) is 182 Å². The van der Waals surface area contributed by atoms with Crippen molar-refractivity contribution in [1.29, 1.82) is 0 Å². The molecular formula is C24H25FN10O3. The van der Waals surface area contributed by atoms with Crippen molar-refractivity contribution in [1.82, 2.24) is 35.4 Å². The number of aldehydes is 1. The number of halogens is 1. The summed E-state index contributed by atoms with van der Waals surface area (Å²) in [5.41, 5.74) is 4.24. The van der Waals surface area contributed by atoms with Gasteiger partial charge in [0.1, 0.15) is 11.4 Å². The van der Waals surface area contributed by atoms with E-state index in [-0.39, 0.29) is 46.6 Å². The predicted octanol–water partition coefficient (Wildman–Crippen LogP) is 0.359. The van der Waals surface area contributed by atoms with Gasteiger partial charge < -0.3 is 9.88 Å². The van der Waals surface area contributed by atoms with Crippen LogP contribution in [0.4, 0.5) is 10.1 Å². The molecule has 1 aromatic carbocycles. The Bertz CT molecular complexity index is 1480. The number of carbonyl (C=O) groups is 3. The third kappa shape index (κ3) is 4.52. The number of hydrogen-bond acceptors (Lipinski definition) is 10. The van der Waals surface area contributed by atoms with Crippen LogP contribution in [0, 0.1) is 5.82 Å². The molecule has 0 aliphatic carbocycles. The van der Waals surface area contributed by atoms with Crippen molar-refractivity contribution >= 4 is 34.6 Å². The molecule has 7 N–H and O–H groups in total. The van der Waals surface area contributed by atoms with Crippen LogP contribution in [0.15, 0.2) is 48.8 Å². The van der Waals surface area contributed by atoms with E-state index in [1.165, 1.54) is 22.2 Å². The van der Waals surface area contributed by atoms with Crippen LogP contribution in [0.25, 0.3) is 22.3 Å². The molecule has 1 aliphatic heterocycles. The molecule has 1 fully saturated rings. The van der Waals surface area contributed by atoms with E-state index >= 15 is 0 Å². The molecule has 1 amide bonds. The maximum absolute atomic E-state index is 14.8. The van der Waals surface area contributed by atoms with Gasteiger partial charge in [-0.15, -0.1) is 0 Å². The molecule has 1 atom stereocenters. The van der Waals surface area contributed by atoms with Gasteiger partial charge in [-0.1, -0.05) is 18.2 Å². The normalized spacial score (nSPS) is 15.0. The second kappa shape index (κ2) is 10.5. The zero-order valence-electron chi connectivity index (χ0n) is 20.1. The van der Waals surface area contributed by atoms with Crippen molar-refractivity contribution < 1.29 is 18.8 Å². The molecule has 0 radical (unpaired) electrons. The SMILES string of the molecule is NNC(N1CCN(C(=O)C(=O)c2c[nH]c3c(-c4cc(C=O)[nH]n4)ncc(F)c23)CC1)N(N)c1ccccc1. The summed E-state index contributed by atoms with van der Waals surface area (Å²) in [5, 5.41) is 7.96. The predicted molar refractivity (Wildman–Crippen MR) is 136 cm³/mol. The Morgan fingerprint density at radius 2 is 1.92 bits per heavy atom. The molecule has 13 nitrogen and oxygen atoms in total. The standard InChI is InChI=1S/C24H25FN10O3/c25-17-12-29-20(18-10-14(13-36)31-32-18)21-19(17)16(11-28-21)22(37)23(38)33-6-8-34(9-7-33)24(30-26)35(27)15-4-2-1-3-5-15/h1-5,10-13,24,28,30H,6-9,26-27H2,(H,31,32). The Morgan fingerprint density at radius 3 is 2.58 bits per heavy atom. The molecule has 14 heteroatoms. The van der Waals surface area contributed by atoms with Crippen LogP contribution in [-0.2, 0) is 4.79 Å². The van der Waals surface area contributed by atoms with Crippen LogP contribution < -0.4 is 22.1 Å². The third-order valence-electron chi connectivity index (χ3n) is 6.48. The molecule has 1 aliphatic rings. The Labute approximate surface area is 215 Å². The van der Waals surface area contributed by atoms with Crippen molar-refractivity contribution in [2.45, 2.75) is 6.29 Å². The average molecular weight is 521 g/mol. The number of amides is 1. The van der Waals surface area contributed by atoms with Gasteiger partial charge in [-0.3, -0.25) is 35.2 Å². The molecule has 196 valence electrons. The summed E-state index contributed by atoms with van der Waals surface area (Å²) in [7, 11) is 0.